The van der Waals surface area contributed by atoms with Gasteiger partial charge in [0, 0.05) is 23.9 Å². The van der Waals surface area contributed by atoms with E-state index in [1.54, 1.807) is 0 Å². The number of para-hydroxylation sites is 1. The Kier molecular flexibility index (Phi) is 4.80. The normalized spacial score (nSPS) is 9.25. The van der Waals surface area contributed by atoms with Crippen molar-refractivity contribution in [2.75, 3.05) is 11.9 Å². The van der Waals surface area contributed by atoms with E-state index >= 15 is 0 Å². The summed E-state index contributed by atoms with van der Waals surface area (Å²) in [6, 6.07) is 17.9. The molecular weight excluding hydrogens is 248 g/mol. The number of hydrogen-bond donors (Lipinski definition) is 2. The molecule has 3 heteroatoms. The molecule has 3 nitrogen and oxygen atoms in total. The van der Waals surface area contributed by atoms with Crippen LogP contribution in [0, 0.1) is 11.8 Å². The van der Waals surface area contributed by atoms with Crippen molar-refractivity contribution >= 4 is 17.3 Å². The molecule has 0 aromatic heterocycles. The van der Waals surface area contributed by atoms with Crippen LogP contribution in [0.4, 0.5) is 11.4 Å². The van der Waals surface area contributed by atoms with Gasteiger partial charge in [0.25, 0.3) is 0 Å². The van der Waals surface area contributed by atoms with E-state index in [0.29, 0.717) is 6.54 Å². The molecule has 2 aromatic carbocycles. The van der Waals surface area contributed by atoms with Gasteiger partial charge in [-0.05, 0) is 36.4 Å². The van der Waals surface area contributed by atoms with Gasteiger partial charge in [0.05, 0.1) is 6.54 Å². The van der Waals surface area contributed by atoms with Gasteiger partial charge in [-0.15, -0.1) is 0 Å². The molecule has 0 aliphatic carbocycles. The Hall–Kier alpha value is -2.73. The van der Waals surface area contributed by atoms with E-state index in [1.807, 2.05) is 54.6 Å². The minimum absolute atomic E-state index is 0.0679. The number of carbonyl (C=O) groups excluding carboxylic acids is 1. The van der Waals surface area contributed by atoms with Crippen molar-refractivity contribution in [3.8, 4) is 11.8 Å². The smallest absolute Gasteiger partial charge is 0.217 e. The summed E-state index contributed by atoms with van der Waals surface area (Å²) in [6.45, 7) is 1.85. The van der Waals surface area contributed by atoms with Crippen molar-refractivity contribution in [1.29, 1.82) is 0 Å². The molecule has 2 N–H and O–H groups in total. The van der Waals surface area contributed by atoms with Crippen LogP contribution < -0.4 is 10.6 Å². The van der Waals surface area contributed by atoms with Gasteiger partial charge in [-0.3, -0.25) is 4.79 Å². The van der Waals surface area contributed by atoms with Crippen molar-refractivity contribution in [1.82, 2.24) is 5.32 Å². The van der Waals surface area contributed by atoms with Gasteiger partial charge >= 0.3 is 0 Å². The zero-order valence-electron chi connectivity index (χ0n) is 11.3. The van der Waals surface area contributed by atoms with E-state index in [1.165, 1.54) is 6.92 Å². The zero-order chi connectivity index (χ0) is 14.2. The van der Waals surface area contributed by atoms with E-state index in [0.717, 1.165) is 16.9 Å². The third-order valence-corrected chi connectivity index (χ3v) is 2.61. The SMILES string of the molecule is CC(=O)NCC#Cc1ccc(Nc2ccccc2)cc1. The minimum Gasteiger partial charge on any atom is -0.356 e. The van der Waals surface area contributed by atoms with Crippen molar-refractivity contribution in [3.05, 3.63) is 60.2 Å². The first-order chi connectivity index (χ1) is 9.74. The molecule has 2 rings (SSSR count). The molecule has 0 atom stereocenters. The van der Waals surface area contributed by atoms with E-state index in [-0.39, 0.29) is 5.91 Å². The fourth-order valence-electron chi connectivity index (χ4n) is 1.64. The highest BCUT2D eigenvalue weighted by Crippen LogP contribution is 2.16. The summed E-state index contributed by atoms with van der Waals surface area (Å²) >= 11 is 0. The van der Waals surface area contributed by atoms with Crippen LogP contribution in [-0.2, 0) is 4.79 Å². The first kappa shape index (κ1) is 13.7. The topological polar surface area (TPSA) is 41.1 Å². The van der Waals surface area contributed by atoms with Crippen LogP contribution in [-0.4, -0.2) is 12.5 Å². The van der Waals surface area contributed by atoms with Crippen LogP contribution >= 0.6 is 0 Å². The molecule has 0 aliphatic heterocycles. The van der Waals surface area contributed by atoms with Crippen molar-refractivity contribution in [3.63, 3.8) is 0 Å². The lowest BCUT2D eigenvalue weighted by molar-refractivity contribution is -0.118. The third kappa shape index (κ3) is 4.51. The number of anilines is 2. The average molecular weight is 264 g/mol. The summed E-state index contributed by atoms with van der Waals surface area (Å²) in [5.41, 5.74) is 2.99. The van der Waals surface area contributed by atoms with Crippen LogP contribution in [0.25, 0.3) is 0 Å². The van der Waals surface area contributed by atoms with Gasteiger partial charge in [0.15, 0.2) is 0 Å². The Morgan fingerprint density at radius 3 is 2.30 bits per heavy atom. The Balaban J connectivity index is 1.94. The van der Waals surface area contributed by atoms with Gasteiger partial charge in [0.2, 0.25) is 5.91 Å². The second kappa shape index (κ2) is 7.01. The zero-order valence-corrected chi connectivity index (χ0v) is 11.3. The van der Waals surface area contributed by atoms with Crippen LogP contribution in [0.15, 0.2) is 54.6 Å². The molecule has 0 bridgehead atoms. The first-order valence-electron chi connectivity index (χ1n) is 6.39. The fraction of sp³-hybridized carbons (Fsp3) is 0.118. The van der Waals surface area contributed by atoms with Crippen molar-refractivity contribution in [2.24, 2.45) is 0 Å². The van der Waals surface area contributed by atoms with Gasteiger partial charge < -0.3 is 10.6 Å². The third-order valence-electron chi connectivity index (χ3n) is 2.61. The number of amides is 1. The molecule has 0 radical (unpaired) electrons. The van der Waals surface area contributed by atoms with Gasteiger partial charge in [-0.2, -0.15) is 0 Å². The van der Waals surface area contributed by atoms with E-state index in [2.05, 4.69) is 22.5 Å². The van der Waals surface area contributed by atoms with Crippen molar-refractivity contribution in [2.45, 2.75) is 6.92 Å². The van der Waals surface area contributed by atoms with Gasteiger partial charge in [0.1, 0.15) is 0 Å². The van der Waals surface area contributed by atoms with Gasteiger partial charge in [-0.25, -0.2) is 0 Å². The predicted octanol–water partition coefficient (Wildman–Crippen LogP) is 2.92. The molecule has 0 heterocycles. The summed E-state index contributed by atoms with van der Waals surface area (Å²) in [4.78, 5) is 10.7. The quantitative estimate of drug-likeness (QED) is 0.837. The maximum atomic E-state index is 10.7. The van der Waals surface area contributed by atoms with Crippen LogP contribution in [0.3, 0.4) is 0 Å². The lowest BCUT2D eigenvalue weighted by atomic mass is 10.2. The first-order valence-corrected chi connectivity index (χ1v) is 6.39. The lowest BCUT2D eigenvalue weighted by Gasteiger charge is -2.05. The summed E-state index contributed by atoms with van der Waals surface area (Å²) in [5, 5.41) is 5.94. The van der Waals surface area contributed by atoms with E-state index < -0.39 is 0 Å². The van der Waals surface area contributed by atoms with E-state index in [4.69, 9.17) is 0 Å². The highest BCUT2D eigenvalue weighted by Gasteiger charge is 1.93. The molecule has 0 saturated carbocycles. The Bertz CT molecular complexity index is 622. The van der Waals surface area contributed by atoms with E-state index in [9.17, 15) is 4.79 Å². The highest BCUT2D eigenvalue weighted by atomic mass is 16.1. The molecule has 0 spiro atoms. The number of benzene rings is 2. The monoisotopic (exact) mass is 264 g/mol. The summed E-state index contributed by atoms with van der Waals surface area (Å²) in [6.07, 6.45) is 0. The number of hydrogen-bond acceptors (Lipinski definition) is 2. The summed E-state index contributed by atoms with van der Waals surface area (Å²) < 4.78 is 0. The van der Waals surface area contributed by atoms with Crippen LogP contribution in [0.2, 0.25) is 0 Å². The predicted molar refractivity (Wildman–Crippen MR) is 81.7 cm³/mol. The summed E-state index contributed by atoms with van der Waals surface area (Å²) in [7, 11) is 0. The number of rotatable bonds is 3. The lowest BCUT2D eigenvalue weighted by Crippen LogP contribution is -2.19. The molecule has 20 heavy (non-hydrogen) atoms. The standard InChI is InChI=1S/C17H16N2O/c1-14(20)18-13-5-6-15-9-11-17(12-10-15)19-16-7-3-2-4-8-16/h2-4,7-12,19H,13H2,1H3,(H,18,20). The second-order valence-electron chi connectivity index (χ2n) is 4.28. The van der Waals surface area contributed by atoms with Crippen LogP contribution in [0.1, 0.15) is 12.5 Å². The molecule has 100 valence electrons. The van der Waals surface area contributed by atoms with Gasteiger partial charge in [-0.1, -0.05) is 30.0 Å². The summed E-state index contributed by atoms with van der Waals surface area (Å²) in [5.74, 6) is 5.83. The Morgan fingerprint density at radius 1 is 1.00 bits per heavy atom. The molecule has 2 aromatic rings. The molecule has 0 saturated heterocycles. The highest BCUT2D eigenvalue weighted by molar-refractivity contribution is 5.73. The molecule has 0 aliphatic rings. The molecular formula is C17H16N2O. The Labute approximate surface area is 119 Å². The van der Waals surface area contributed by atoms with Crippen LogP contribution in [0.5, 0.6) is 0 Å². The average Bonchev–Trinajstić information content (AvgIpc) is 2.46. The molecule has 0 fully saturated rings. The molecule has 1 amide bonds. The largest absolute Gasteiger partial charge is 0.356 e. The minimum atomic E-state index is -0.0679. The number of carbonyl (C=O) groups is 1. The maximum absolute atomic E-state index is 10.7. The number of nitrogens with one attached hydrogen (secondary N) is 2. The fourth-order valence-corrected chi connectivity index (χ4v) is 1.64. The Morgan fingerprint density at radius 2 is 1.65 bits per heavy atom. The van der Waals surface area contributed by atoms with Crippen molar-refractivity contribution < 1.29 is 4.79 Å². The molecule has 0 unspecified atom stereocenters. The maximum Gasteiger partial charge on any atom is 0.217 e. The second-order valence-corrected chi connectivity index (χ2v) is 4.28.